The molecule has 32 heavy (non-hydrogen) atoms. The van der Waals surface area contributed by atoms with Crippen molar-refractivity contribution in [2.24, 2.45) is 0 Å². The Bertz CT molecular complexity index is 899. The second kappa shape index (κ2) is 10.3. The first-order chi connectivity index (χ1) is 15.5. The van der Waals surface area contributed by atoms with Gasteiger partial charge in [0.2, 0.25) is 5.95 Å². The van der Waals surface area contributed by atoms with E-state index in [0.717, 1.165) is 57.7 Å². The van der Waals surface area contributed by atoms with Crippen LogP contribution in [-0.4, -0.2) is 64.3 Å². The summed E-state index contributed by atoms with van der Waals surface area (Å²) in [5.74, 6) is -0.532. The van der Waals surface area contributed by atoms with Gasteiger partial charge >= 0.3 is 12.0 Å². The van der Waals surface area contributed by atoms with E-state index in [4.69, 9.17) is 9.47 Å². The molecule has 8 nitrogen and oxygen atoms in total. The number of benzene rings is 1. The Hall–Kier alpha value is -2.68. The molecule has 1 aliphatic carbocycles. The summed E-state index contributed by atoms with van der Waals surface area (Å²) in [5, 5.41) is 9.44. The van der Waals surface area contributed by atoms with Gasteiger partial charge in [-0.2, -0.15) is 9.97 Å². The summed E-state index contributed by atoms with van der Waals surface area (Å²) in [4.78, 5) is 17.8. The zero-order chi connectivity index (χ0) is 22.5. The fourth-order valence-corrected chi connectivity index (χ4v) is 4.29. The fraction of sp³-hybridized carbons (Fsp3) is 0.609. The molecule has 1 aromatic heterocycles. The van der Waals surface area contributed by atoms with Crippen LogP contribution in [0.2, 0.25) is 0 Å². The molecular weight excluding hydrogens is 413 g/mol. The Morgan fingerprint density at radius 1 is 1.00 bits per heavy atom. The van der Waals surface area contributed by atoms with E-state index < -0.39 is 11.6 Å². The SMILES string of the molecule is CN1CCC(N(C)c2nc(Oc3ccc(O)c(F)c3)nc(OC3CCCCCC3)n2)CC1. The summed E-state index contributed by atoms with van der Waals surface area (Å²) >= 11 is 0. The van der Waals surface area contributed by atoms with E-state index in [1.54, 1.807) is 0 Å². The van der Waals surface area contributed by atoms with Crippen LogP contribution >= 0.6 is 0 Å². The van der Waals surface area contributed by atoms with Crippen LogP contribution in [0.4, 0.5) is 10.3 Å². The number of hydrogen-bond acceptors (Lipinski definition) is 8. The number of ether oxygens (including phenoxy) is 2. The van der Waals surface area contributed by atoms with Gasteiger partial charge in [-0.25, -0.2) is 4.39 Å². The first-order valence-corrected chi connectivity index (χ1v) is 11.5. The highest BCUT2D eigenvalue weighted by molar-refractivity contribution is 5.36. The average molecular weight is 446 g/mol. The maximum atomic E-state index is 13.8. The molecule has 2 heterocycles. The van der Waals surface area contributed by atoms with E-state index in [0.29, 0.717) is 12.0 Å². The molecule has 2 fully saturated rings. The zero-order valence-corrected chi connectivity index (χ0v) is 18.8. The highest BCUT2D eigenvalue weighted by Gasteiger charge is 2.25. The largest absolute Gasteiger partial charge is 0.505 e. The molecule has 2 aliphatic rings. The number of phenols is 1. The Kier molecular flexibility index (Phi) is 7.24. The molecular formula is C23H32FN5O3. The Morgan fingerprint density at radius 2 is 1.69 bits per heavy atom. The molecule has 0 atom stereocenters. The van der Waals surface area contributed by atoms with Gasteiger partial charge < -0.3 is 24.4 Å². The molecule has 1 aliphatic heterocycles. The van der Waals surface area contributed by atoms with Gasteiger partial charge in [0.25, 0.3) is 0 Å². The molecule has 4 rings (SSSR count). The summed E-state index contributed by atoms with van der Waals surface area (Å²) in [6, 6.07) is 4.39. The maximum absolute atomic E-state index is 13.8. The van der Waals surface area contributed by atoms with Crippen molar-refractivity contribution < 1.29 is 19.0 Å². The van der Waals surface area contributed by atoms with Crippen LogP contribution in [0.15, 0.2) is 18.2 Å². The summed E-state index contributed by atoms with van der Waals surface area (Å²) in [6.07, 6.45) is 8.76. The lowest BCUT2D eigenvalue weighted by molar-refractivity contribution is 0.165. The van der Waals surface area contributed by atoms with Crippen molar-refractivity contribution in [3.8, 4) is 23.5 Å². The summed E-state index contributed by atoms with van der Waals surface area (Å²) in [6.45, 7) is 2.03. The molecule has 1 saturated heterocycles. The number of aromatic nitrogens is 3. The third kappa shape index (κ3) is 5.76. The second-order valence-electron chi connectivity index (χ2n) is 8.79. The normalized spacial score (nSPS) is 18.8. The minimum absolute atomic E-state index is 0.0449. The van der Waals surface area contributed by atoms with Gasteiger partial charge in [0.05, 0.1) is 0 Å². The number of piperidine rings is 1. The van der Waals surface area contributed by atoms with Gasteiger partial charge in [-0.05, 0) is 70.8 Å². The lowest BCUT2D eigenvalue weighted by atomic mass is 10.0. The average Bonchev–Trinajstić information content (AvgIpc) is 3.05. The monoisotopic (exact) mass is 445 g/mol. The molecule has 0 spiro atoms. The van der Waals surface area contributed by atoms with Gasteiger partial charge in [0, 0.05) is 19.2 Å². The molecule has 9 heteroatoms. The lowest BCUT2D eigenvalue weighted by Gasteiger charge is -2.35. The summed E-state index contributed by atoms with van der Waals surface area (Å²) in [5.41, 5.74) is 0. The number of likely N-dealkylation sites (tertiary alicyclic amines) is 1. The highest BCUT2D eigenvalue weighted by atomic mass is 19.1. The smallest absolute Gasteiger partial charge is 0.330 e. The molecule has 0 radical (unpaired) electrons. The first-order valence-electron chi connectivity index (χ1n) is 11.5. The zero-order valence-electron chi connectivity index (χ0n) is 18.8. The number of rotatable bonds is 6. The van der Waals surface area contributed by atoms with Crippen LogP contribution in [0, 0.1) is 5.82 Å². The molecule has 0 amide bonds. The number of phenolic OH excluding ortho intramolecular Hbond substituents is 1. The van der Waals surface area contributed by atoms with Gasteiger partial charge in [0.15, 0.2) is 11.6 Å². The van der Waals surface area contributed by atoms with Crippen LogP contribution in [0.3, 0.4) is 0 Å². The van der Waals surface area contributed by atoms with Crippen molar-refractivity contribution in [2.75, 3.05) is 32.1 Å². The van der Waals surface area contributed by atoms with E-state index in [-0.39, 0.29) is 23.9 Å². The molecule has 0 unspecified atom stereocenters. The number of anilines is 1. The van der Waals surface area contributed by atoms with Crippen LogP contribution < -0.4 is 14.4 Å². The number of halogens is 1. The fourth-order valence-electron chi connectivity index (χ4n) is 4.29. The number of nitrogens with zero attached hydrogens (tertiary/aromatic N) is 5. The Morgan fingerprint density at radius 3 is 2.38 bits per heavy atom. The van der Waals surface area contributed by atoms with Gasteiger partial charge in [0.1, 0.15) is 11.9 Å². The third-order valence-corrected chi connectivity index (χ3v) is 6.34. The molecule has 2 aromatic rings. The molecule has 1 aromatic carbocycles. The van der Waals surface area contributed by atoms with Crippen molar-refractivity contribution >= 4 is 5.95 Å². The van der Waals surface area contributed by atoms with E-state index >= 15 is 0 Å². The molecule has 0 bridgehead atoms. The number of aromatic hydroxyl groups is 1. The molecule has 174 valence electrons. The standard InChI is InChI=1S/C23H32FN5O3/c1-28-13-11-16(12-14-28)29(2)21-25-22(31-17-7-5-3-4-6-8-17)27-23(26-21)32-18-9-10-20(30)19(24)15-18/h9-10,15-17,30H,3-8,11-14H2,1-2H3. The highest BCUT2D eigenvalue weighted by Crippen LogP contribution is 2.28. The van der Waals surface area contributed by atoms with E-state index in [2.05, 4.69) is 31.8 Å². The molecule has 1 N–H and O–H groups in total. The van der Waals surface area contributed by atoms with Crippen LogP contribution in [-0.2, 0) is 0 Å². The van der Waals surface area contributed by atoms with Crippen LogP contribution in [0.5, 0.6) is 23.5 Å². The van der Waals surface area contributed by atoms with E-state index in [1.165, 1.54) is 25.0 Å². The van der Waals surface area contributed by atoms with Crippen LogP contribution in [0.25, 0.3) is 0 Å². The molecule has 1 saturated carbocycles. The third-order valence-electron chi connectivity index (χ3n) is 6.34. The van der Waals surface area contributed by atoms with Crippen LogP contribution in [0.1, 0.15) is 51.4 Å². The quantitative estimate of drug-likeness (QED) is 0.664. The van der Waals surface area contributed by atoms with Gasteiger partial charge in [-0.1, -0.05) is 12.8 Å². The summed E-state index contributed by atoms with van der Waals surface area (Å²) in [7, 11) is 4.10. The second-order valence-corrected chi connectivity index (χ2v) is 8.79. The topological polar surface area (TPSA) is 83.8 Å². The van der Waals surface area contributed by atoms with Gasteiger partial charge in [-0.3, -0.25) is 0 Å². The van der Waals surface area contributed by atoms with E-state index in [9.17, 15) is 9.50 Å². The predicted molar refractivity (Wildman–Crippen MR) is 119 cm³/mol. The minimum atomic E-state index is -0.768. The van der Waals surface area contributed by atoms with Crippen molar-refractivity contribution in [2.45, 2.75) is 63.5 Å². The van der Waals surface area contributed by atoms with E-state index in [1.807, 2.05) is 7.05 Å². The Balaban J connectivity index is 1.58. The van der Waals surface area contributed by atoms with Crippen molar-refractivity contribution in [1.82, 2.24) is 19.9 Å². The van der Waals surface area contributed by atoms with Crippen molar-refractivity contribution in [3.63, 3.8) is 0 Å². The van der Waals surface area contributed by atoms with Crippen molar-refractivity contribution in [1.29, 1.82) is 0 Å². The number of hydrogen-bond donors (Lipinski definition) is 1. The first kappa shape index (κ1) is 22.5. The maximum Gasteiger partial charge on any atom is 0.330 e. The Labute approximate surface area is 188 Å². The predicted octanol–water partition coefficient (Wildman–Crippen LogP) is 4.14. The lowest BCUT2D eigenvalue weighted by Crippen LogP contribution is -2.42. The van der Waals surface area contributed by atoms with Gasteiger partial charge in [-0.15, -0.1) is 4.98 Å². The summed E-state index contributed by atoms with van der Waals surface area (Å²) < 4.78 is 25.7. The minimum Gasteiger partial charge on any atom is -0.505 e. The van der Waals surface area contributed by atoms with Crippen molar-refractivity contribution in [3.05, 3.63) is 24.0 Å².